The van der Waals surface area contributed by atoms with Gasteiger partial charge in [-0.2, -0.15) is 4.31 Å². The van der Waals surface area contributed by atoms with E-state index in [-0.39, 0.29) is 16.6 Å². The molecule has 1 amide bonds. The van der Waals surface area contributed by atoms with Crippen LogP contribution in [0.25, 0.3) is 0 Å². The van der Waals surface area contributed by atoms with Crippen molar-refractivity contribution in [3.05, 3.63) is 28.8 Å². The van der Waals surface area contributed by atoms with Crippen LogP contribution in [0.15, 0.2) is 28.1 Å². The zero-order valence-corrected chi connectivity index (χ0v) is 14.8. The molecule has 0 saturated carbocycles. The second-order valence-corrected chi connectivity index (χ2v) is 8.14. The number of sulfonamides is 1. The Balaban J connectivity index is 2.56. The van der Waals surface area contributed by atoms with Gasteiger partial charge in [0.2, 0.25) is 0 Å². The molecule has 5 nitrogen and oxygen atoms in total. The topological polar surface area (TPSA) is 66.8 Å². The van der Waals surface area contributed by atoms with Crippen molar-refractivity contribution >= 4 is 33.4 Å². The van der Waals surface area contributed by atoms with Crippen LogP contribution in [0.2, 0.25) is 5.02 Å². The normalized spacial score (nSPS) is 22.4. The number of aliphatic imine (C=N–C) groups is 1. The summed E-state index contributed by atoms with van der Waals surface area (Å²) in [6.07, 6.45) is 0. The Hall–Kier alpha value is -1.40. The molecule has 1 aliphatic rings. The van der Waals surface area contributed by atoms with Gasteiger partial charge in [-0.25, -0.2) is 8.42 Å². The molecule has 0 unspecified atom stereocenters. The summed E-state index contributed by atoms with van der Waals surface area (Å²) in [5.74, 6) is -0.439. The molecule has 1 aromatic rings. The van der Waals surface area contributed by atoms with Gasteiger partial charge in [0.15, 0.2) is 0 Å². The maximum Gasteiger partial charge on any atom is 0.272 e. The molecule has 7 heteroatoms. The minimum absolute atomic E-state index is 0.0628. The lowest BCUT2D eigenvalue weighted by Gasteiger charge is -2.25. The molecular formula is C15H19ClN2O3S. The molecule has 22 heavy (non-hydrogen) atoms. The number of halogens is 1. The van der Waals surface area contributed by atoms with Crippen LogP contribution in [-0.2, 0) is 14.8 Å². The first-order valence-electron chi connectivity index (χ1n) is 6.94. The number of hydrogen-bond donors (Lipinski definition) is 0. The Morgan fingerprint density at radius 3 is 2.32 bits per heavy atom. The SMILES string of the molecule is CC1=N[C@@](C)(C(C)C)C(=O)N1S(=O)(=O)c1ccc(Cl)cc1C. The number of amidine groups is 1. The molecule has 0 N–H and O–H groups in total. The highest BCUT2D eigenvalue weighted by Crippen LogP contribution is 2.34. The molecule has 0 fully saturated rings. The van der Waals surface area contributed by atoms with E-state index < -0.39 is 21.5 Å². The molecule has 120 valence electrons. The van der Waals surface area contributed by atoms with Crippen molar-refractivity contribution in [2.24, 2.45) is 10.9 Å². The van der Waals surface area contributed by atoms with Crippen molar-refractivity contribution < 1.29 is 13.2 Å². The van der Waals surface area contributed by atoms with Gasteiger partial charge in [-0.1, -0.05) is 25.4 Å². The highest BCUT2D eigenvalue weighted by atomic mass is 35.5. The predicted molar refractivity (Wildman–Crippen MR) is 86.6 cm³/mol. The second kappa shape index (κ2) is 5.35. The summed E-state index contributed by atoms with van der Waals surface area (Å²) in [5, 5.41) is 0.446. The van der Waals surface area contributed by atoms with Gasteiger partial charge in [-0.05, 0) is 50.5 Å². The molecule has 1 atom stereocenters. The molecule has 0 spiro atoms. The lowest BCUT2D eigenvalue weighted by Crippen LogP contribution is -2.46. The van der Waals surface area contributed by atoms with Gasteiger partial charge in [0.25, 0.3) is 15.9 Å². The van der Waals surface area contributed by atoms with E-state index in [4.69, 9.17) is 11.6 Å². The monoisotopic (exact) mass is 342 g/mol. The number of nitrogens with zero attached hydrogens (tertiary/aromatic N) is 2. The summed E-state index contributed by atoms with van der Waals surface area (Å²) in [6.45, 7) is 8.53. The number of benzene rings is 1. The van der Waals surface area contributed by atoms with Gasteiger partial charge in [0.05, 0.1) is 4.90 Å². The summed E-state index contributed by atoms with van der Waals surface area (Å²) in [5.41, 5.74) is -0.566. The van der Waals surface area contributed by atoms with Crippen molar-refractivity contribution in [3.8, 4) is 0 Å². The summed E-state index contributed by atoms with van der Waals surface area (Å²) in [4.78, 5) is 17.1. The van der Waals surface area contributed by atoms with Crippen LogP contribution >= 0.6 is 11.6 Å². The number of carbonyl (C=O) groups excluding carboxylic acids is 1. The van der Waals surface area contributed by atoms with Crippen LogP contribution in [0.1, 0.15) is 33.3 Å². The van der Waals surface area contributed by atoms with E-state index in [1.54, 1.807) is 19.9 Å². The van der Waals surface area contributed by atoms with Crippen LogP contribution < -0.4 is 0 Å². The molecule has 2 rings (SSSR count). The first kappa shape index (κ1) is 17.0. The van der Waals surface area contributed by atoms with E-state index in [0.717, 1.165) is 4.31 Å². The summed E-state index contributed by atoms with van der Waals surface area (Å²) in [6, 6.07) is 4.47. The van der Waals surface area contributed by atoms with Gasteiger partial charge in [0.1, 0.15) is 11.4 Å². The second-order valence-electron chi connectivity index (χ2n) is 5.95. The largest absolute Gasteiger partial charge is 0.272 e. The maximum absolute atomic E-state index is 12.9. The van der Waals surface area contributed by atoms with Crippen molar-refractivity contribution in [3.63, 3.8) is 0 Å². The van der Waals surface area contributed by atoms with Crippen LogP contribution in [0.5, 0.6) is 0 Å². The fraction of sp³-hybridized carbons (Fsp3) is 0.467. The Kier molecular flexibility index (Phi) is 4.13. The first-order chi connectivity index (χ1) is 10.0. The van der Waals surface area contributed by atoms with Crippen LogP contribution in [0, 0.1) is 12.8 Å². The molecule has 0 aromatic heterocycles. The molecule has 0 aliphatic carbocycles. The van der Waals surface area contributed by atoms with Gasteiger partial charge in [-0.3, -0.25) is 9.79 Å². The van der Waals surface area contributed by atoms with E-state index in [0.29, 0.717) is 10.6 Å². The van der Waals surface area contributed by atoms with Gasteiger partial charge >= 0.3 is 0 Å². The maximum atomic E-state index is 12.9. The third kappa shape index (κ3) is 2.44. The molecule has 1 aromatic carbocycles. The van der Waals surface area contributed by atoms with Gasteiger partial charge in [-0.15, -0.1) is 0 Å². The van der Waals surface area contributed by atoms with Crippen molar-refractivity contribution in [2.75, 3.05) is 0 Å². The van der Waals surface area contributed by atoms with E-state index in [2.05, 4.69) is 4.99 Å². The molecule has 0 saturated heterocycles. The molecule has 1 heterocycles. The van der Waals surface area contributed by atoms with E-state index in [1.165, 1.54) is 19.1 Å². The van der Waals surface area contributed by atoms with Gasteiger partial charge < -0.3 is 0 Å². The standard InChI is InChI=1S/C15H19ClN2O3S/c1-9(2)15(5)14(19)18(11(4)17-15)22(20,21)13-7-6-12(16)8-10(13)3/h6-9H,1-5H3/t15-/m0/s1. The van der Waals surface area contributed by atoms with Gasteiger partial charge in [0, 0.05) is 5.02 Å². The fourth-order valence-corrected chi connectivity index (χ4v) is 4.36. The molecule has 0 bridgehead atoms. The third-order valence-corrected chi connectivity index (χ3v) is 6.24. The Bertz CT molecular complexity index is 771. The van der Waals surface area contributed by atoms with Crippen molar-refractivity contribution in [1.29, 1.82) is 0 Å². The molecular weight excluding hydrogens is 324 g/mol. The van der Waals surface area contributed by atoms with E-state index in [1.807, 2.05) is 13.8 Å². The lowest BCUT2D eigenvalue weighted by atomic mass is 9.89. The quantitative estimate of drug-likeness (QED) is 0.848. The zero-order chi connectivity index (χ0) is 16.9. The average Bonchev–Trinajstić information content (AvgIpc) is 2.60. The van der Waals surface area contributed by atoms with Crippen LogP contribution in [0.3, 0.4) is 0 Å². The number of rotatable bonds is 3. The minimum Gasteiger partial charge on any atom is -0.271 e. The molecule has 0 radical (unpaired) electrons. The number of amides is 1. The first-order valence-corrected chi connectivity index (χ1v) is 8.76. The van der Waals surface area contributed by atoms with Crippen LogP contribution in [-0.4, -0.2) is 30.0 Å². The summed E-state index contributed by atoms with van der Waals surface area (Å²) < 4.78 is 26.6. The number of hydrogen-bond acceptors (Lipinski definition) is 4. The lowest BCUT2D eigenvalue weighted by molar-refractivity contribution is -0.128. The summed E-state index contributed by atoms with van der Waals surface area (Å²) >= 11 is 5.87. The highest BCUT2D eigenvalue weighted by molar-refractivity contribution is 7.90. The number of aryl methyl sites for hydroxylation is 1. The Morgan fingerprint density at radius 1 is 1.27 bits per heavy atom. The smallest absolute Gasteiger partial charge is 0.271 e. The molecule has 1 aliphatic heterocycles. The third-order valence-electron chi connectivity index (χ3n) is 4.08. The minimum atomic E-state index is -3.99. The average molecular weight is 343 g/mol. The summed E-state index contributed by atoms with van der Waals surface area (Å²) in [7, 11) is -3.99. The van der Waals surface area contributed by atoms with E-state index >= 15 is 0 Å². The fourth-order valence-electron chi connectivity index (χ4n) is 2.44. The zero-order valence-electron chi connectivity index (χ0n) is 13.2. The number of carbonyl (C=O) groups is 1. The van der Waals surface area contributed by atoms with Crippen LogP contribution in [0.4, 0.5) is 0 Å². The Labute approximate surface area is 136 Å². The van der Waals surface area contributed by atoms with Crippen molar-refractivity contribution in [1.82, 2.24) is 4.31 Å². The highest BCUT2D eigenvalue weighted by Gasteiger charge is 2.50. The Morgan fingerprint density at radius 2 is 1.86 bits per heavy atom. The van der Waals surface area contributed by atoms with Crippen molar-refractivity contribution in [2.45, 2.75) is 45.1 Å². The van der Waals surface area contributed by atoms with E-state index in [9.17, 15) is 13.2 Å². The predicted octanol–water partition coefficient (Wildman–Crippen LogP) is 3.01.